The summed E-state index contributed by atoms with van der Waals surface area (Å²) < 4.78 is 42.2. The Kier molecular flexibility index (Phi) is 6.52. The lowest BCUT2D eigenvalue weighted by atomic mass is 9.88. The minimum absolute atomic E-state index is 0.142. The van der Waals surface area contributed by atoms with E-state index >= 15 is 0 Å². The molecule has 6 heteroatoms. The number of hydrogen-bond donors (Lipinski definition) is 1. The fraction of sp³-hybridized carbons (Fsp3) is 0.909. The Balaban J connectivity index is 4.58. The minimum atomic E-state index is -4.58. The van der Waals surface area contributed by atoms with Crippen molar-refractivity contribution in [2.75, 3.05) is 6.61 Å². The van der Waals surface area contributed by atoms with Gasteiger partial charge in [0.1, 0.15) is 6.04 Å². The van der Waals surface area contributed by atoms with Crippen LogP contribution in [0.1, 0.15) is 33.6 Å². The zero-order chi connectivity index (χ0) is 13.6. The number of nitrogens with two attached hydrogens (primary N) is 1. The van der Waals surface area contributed by atoms with Crippen LogP contribution in [-0.2, 0) is 9.53 Å². The van der Waals surface area contributed by atoms with Crippen LogP contribution in [0.2, 0.25) is 0 Å². The molecule has 2 atom stereocenters. The van der Waals surface area contributed by atoms with Gasteiger partial charge in [-0.2, -0.15) is 13.2 Å². The Morgan fingerprint density at radius 2 is 1.88 bits per heavy atom. The van der Waals surface area contributed by atoms with E-state index in [0.717, 1.165) is 6.42 Å². The van der Waals surface area contributed by atoms with Gasteiger partial charge in [-0.25, -0.2) is 0 Å². The van der Waals surface area contributed by atoms with Crippen LogP contribution >= 0.6 is 0 Å². The van der Waals surface area contributed by atoms with Crippen molar-refractivity contribution in [1.29, 1.82) is 0 Å². The molecular weight excluding hydrogens is 235 g/mol. The normalized spacial score (nSPS) is 15.8. The number of rotatable bonds is 6. The van der Waals surface area contributed by atoms with E-state index in [1.165, 1.54) is 13.8 Å². The van der Waals surface area contributed by atoms with Crippen LogP contribution in [0.3, 0.4) is 0 Å². The maximum Gasteiger partial charge on any atom is 0.404 e. The Morgan fingerprint density at radius 1 is 1.35 bits per heavy atom. The van der Waals surface area contributed by atoms with Crippen LogP contribution in [0.4, 0.5) is 13.2 Å². The molecule has 0 saturated heterocycles. The van der Waals surface area contributed by atoms with Crippen molar-refractivity contribution in [3.63, 3.8) is 0 Å². The molecule has 0 heterocycles. The lowest BCUT2D eigenvalue weighted by Gasteiger charge is -2.27. The number of hydrogen-bond acceptors (Lipinski definition) is 3. The Labute approximate surface area is 99.5 Å². The van der Waals surface area contributed by atoms with Crippen LogP contribution in [0, 0.1) is 11.8 Å². The molecule has 0 bridgehead atoms. The van der Waals surface area contributed by atoms with E-state index in [0.29, 0.717) is 6.42 Å². The lowest BCUT2D eigenvalue weighted by Crippen LogP contribution is -2.49. The van der Waals surface area contributed by atoms with E-state index in [1.54, 1.807) is 0 Å². The molecule has 0 aromatic carbocycles. The highest BCUT2D eigenvalue weighted by Crippen LogP contribution is 2.29. The number of ether oxygens (including phenoxy) is 1. The summed E-state index contributed by atoms with van der Waals surface area (Å²) >= 11 is 0. The van der Waals surface area contributed by atoms with Gasteiger partial charge in [-0.15, -0.1) is 0 Å². The molecule has 0 rings (SSSR count). The number of unbranched alkanes of at least 4 members (excludes halogenated alkanes) is 1. The van der Waals surface area contributed by atoms with E-state index in [9.17, 15) is 18.0 Å². The fourth-order valence-corrected chi connectivity index (χ4v) is 1.45. The van der Waals surface area contributed by atoms with Gasteiger partial charge in [0.15, 0.2) is 0 Å². The molecule has 0 aromatic heterocycles. The van der Waals surface area contributed by atoms with E-state index in [-0.39, 0.29) is 6.61 Å². The first-order valence-corrected chi connectivity index (χ1v) is 5.70. The van der Waals surface area contributed by atoms with Crippen molar-refractivity contribution in [3.05, 3.63) is 0 Å². The van der Waals surface area contributed by atoms with Gasteiger partial charge < -0.3 is 10.5 Å². The number of halogens is 3. The second kappa shape index (κ2) is 6.83. The van der Waals surface area contributed by atoms with Gasteiger partial charge >= 0.3 is 12.1 Å². The van der Waals surface area contributed by atoms with Gasteiger partial charge in [0.2, 0.25) is 0 Å². The highest BCUT2D eigenvalue weighted by Gasteiger charge is 2.46. The summed E-state index contributed by atoms with van der Waals surface area (Å²) in [5.41, 5.74) is 5.08. The van der Waals surface area contributed by atoms with Crippen molar-refractivity contribution in [2.45, 2.75) is 45.8 Å². The Bertz CT molecular complexity index is 241. The summed E-state index contributed by atoms with van der Waals surface area (Å²) in [6.45, 7) is 5.09. The quantitative estimate of drug-likeness (QED) is 0.586. The third-order valence-electron chi connectivity index (χ3n) is 2.50. The third-order valence-corrected chi connectivity index (χ3v) is 2.50. The second-order valence-corrected chi connectivity index (χ2v) is 4.36. The van der Waals surface area contributed by atoms with Gasteiger partial charge in [-0.3, -0.25) is 4.79 Å². The van der Waals surface area contributed by atoms with Crippen molar-refractivity contribution in [1.82, 2.24) is 0 Å². The van der Waals surface area contributed by atoms with Gasteiger partial charge in [0.25, 0.3) is 0 Å². The molecule has 0 amide bonds. The van der Waals surface area contributed by atoms with Gasteiger partial charge in [-0.1, -0.05) is 27.2 Å². The molecule has 0 aliphatic heterocycles. The highest BCUT2D eigenvalue weighted by atomic mass is 19.4. The fourth-order valence-electron chi connectivity index (χ4n) is 1.45. The topological polar surface area (TPSA) is 52.3 Å². The molecule has 0 aliphatic carbocycles. The summed E-state index contributed by atoms with van der Waals surface area (Å²) in [6, 6.07) is -2.17. The summed E-state index contributed by atoms with van der Waals surface area (Å²) in [7, 11) is 0. The maximum absolute atomic E-state index is 12.5. The summed E-state index contributed by atoms with van der Waals surface area (Å²) in [5.74, 6) is -2.72. The van der Waals surface area contributed by atoms with Gasteiger partial charge in [0.05, 0.1) is 12.5 Å². The predicted octanol–water partition coefficient (Wildman–Crippen LogP) is 2.49. The largest absolute Gasteiger partial charge is 0.465 e. The van der Waals surface area contributed by atoms with Crippen LogP contribution in [0.15, 0.2) is 0 Å². The molecule has 0 fully saturated rings. The minimum Gasteiger partial charge on any atom is -0.465 e. The van der Waals surface area contributed by atoms with Gasteiger partial charge in [0, 0.05) is 0 Å². The molecule has 0 aliphatic rings. The number of carbonyl (C=O) groups is 1. The van der Waals surface area contributed by atoms with Crippen LogP contribution in [0.5, 0.6) is 0 Å². The SMILES string of the molecule is CCCCOC(=O)[C@@H](C(C)C)[C@H](N)C(F)(F)F. The summed E-state index contributed by atoms with van der Waals surface area (Å²) in [4.78, 5) is 11.5. The predicted molar refractivity (Wildman–Crippen MR) is 58.2 cm³/mol. The van der Waals surface area contributed by atoms with E-state index < -0.39 is 30.0 Å². The summed E-state index contributed by atoms with van der Waals surface area (Å²) in [6.07, 6.45) is -3.14. The van der Waals surface area contributed by atoms with Crippen molar-refractivity contribution in [3.8, 4) is 0 Å². The van der Waals surface area contributed by atoms with Crippen molar-refractivity contribution in [2.24, 2.45) is 17.6 Å². The molecule has 3 nitrogen and oxygen atoms in total. The molecule has 0 radical (unpaired) electrons. The first-order valence-electron chi connectivity index (χ1n) is 5.70. The molecule has 0 aromatic rings. The monoisotopic (exact) mass is 255 g/mol. The molecular formula is C11H20F3NO2. The summed E-state index contributed by atoms with van der Waals surface area (Å²) in [5, 5.41) is 0. The zero-order valence-corrected chi connectivity index (χ0v) is 10.4. The Hall–Kier alpha value is -0.780. The molecule has 17 heavy (non-hydrogen) atoms. The average Bonchev–Trinajstić information content (AvgIpc) is 2.16. The van der Waals surface area contributed by atoms with E-state index in [2.05, 4.69) is 0 Å². The second-order valence-electron chi connectivity index (χ2n) is 4.36. The molecule has 0 unspecified atom stereocenters. The lowest BCUT2D eigenvalue weighted by molar-refractivity contribution is -0.179. The van der Waals surface area contributed by atoms with Crippen LogP contribution < -0.4 is 5.73 Å². The highest BCUT2D eigenvalue weighted by molar-refractivity contribution is 5.73. The first kappa shape index (κ1) is 16.2. The maximum atomic E-state index is 12.5. The third kappa shape index (κ3) is 5.39. The average molecular weight is 255 g/mol. The van der Waals surface area contributed by atoms with E-state index in [4.69, 9.17) is 10.5 Å². The molecule has 0 saturated carbocycles. The first-order chi connectivity index (χ1) is 7.71. The number of esters is 1. The molecule has 0 spiro atoms. The number of carbonyl (C=O) groups excluding carboxylic acids is 1. The zero-order valence-electron chi connectivity index (χ0n) is 10.4. The van der Waals surface area contributed by atoms with Crippen molar-refractivity contribution < 1.29 is 22.7 Å². The number of alkyl halides is 3. The standard InChI is InChI=1S/C11H20F3NO2/c1-4-5-6-17-10(16)8(7(2)3)9(15)11(12,13)14/h7-9H,4-6,15H2,1-3H3/t8-,9-/m0/s1. The molecule has 102 valence electrons. The smallest absolute Gasteiger partial charge is 0.404 e. The van der Waals surface area contributed by atoms with Crippen LogP contribution in [-0.4, -0.2) is 24.8 Å². The Morgan fingerprint density at radius 3 is 2.24 bits per heavy atom. The van der Waals surface area contributed by atoms with Crippen molar-refractivity contribution >= 4 is 5.97 Å². The van der Waals surface area contributed by atoms with E-state index in [1.807, 2.05) is 6.92 Å². The van der Waals surface area contributed by atoms with Gasteiger partial charge in [-0.05, 0) is 12.3 Å². The van der Waals surface area contributed by atoms with Crippen LogP contribution in [0.25, 0.3) is 0 Å². The molecule has 2 N–H and O–H groups in total.